The van der Waals surface area contributed by atoms with Crippen molar-refractivity contribution in [1.29, 1.82) is 0 Å². The van der Waals surface area contributed by atoms with Crippen LogP contribution >= 0.6 is 0 Å². The smallest absolute Gasteiger partial charge is 0.0700 e. The lowest BCUT2D eigenvalue weighted by Gasteiger charge is -2.32. The number of methoxy groups -OCH3 is 1. The fraction of sp³-hybridized carbons (Fsp3) is 0.625. The lowest BCUT2D eigenvalue weighted by molar-refractivity contribution is 0.0641. The highest BCUT2D eigenvalue weighted by atomic mass is 16.5. The van der Waals surface area contributed by atoms with Crippen molar-refractivity contribution in [3.8, 4) is 0 Å². The highest BCUT2D eigenvalue weighted by Gasteiger charge is 2.30. The van der Waals surface area contributed by atoms with Crippen molar-refractivity contribution >= 4 is 0 Å². The molecule has 1 aromatic rings. The molecule has 0 radical (unpaired) electrons. The van der Waals surface area contributed by atoms with Gasteiger partial charge in [-0.2, -0.15) is 0 Å². The molecule has 4 nitrogen and oxygen atoms in total. The van der Waals surface area contributed by atoms with Gasteiger partial charge in [0.1, 0.15) is 0 Å². The molecule has 0 aliphatic rings. The maximum atomic E-state index is 9.85. The maximum Gasteiger partial charge on any atom is 0.0700 e. The van der Waals surface area contributed by atoms with Crippen LogP contribution in [0.5, 0.6) is 0 Å². The SMILES string of the molecule is COCCOCCCC(CN)(CO)c1ccccc1C. The Bertz CT molecular complexity index is 378. The summed E-state index contributed by atoms with van der Waals surface area (Å²) in [5.74, 6) is 0. The molecule has 0 aliphatic carbocycles. The Balaban J connectivity index is 2.61. The van der Waals surface area contributed by atoms with Crippen LogP contribution in [-0.4, -0.2) is 45.2 Å². The molecular formula is C16H27NO3. The average Bonchev–Trinajstić information content (AvgIpc) is 2.48. The fourth-order valence-corrected chi connectivity index (χ4v) is 2.50. The molecule has 4 heteroatoms. The Hall–Kier alpha value is -0.940. The summed E-state index contributed by atoms with van der Waals surface area (Å²) in [6.07, 6.45) is 1.69. The summed E-state index contributed by atoms with van der Waals surface area (Å²) < 4.78 is 10.4. The second-order valence-electron chi connectivity index (χ2n) is 5.17. The molecule has 0 amide bonds. The quantitative estimate of drug-likeness (QED) is 0.640. The number of benzene rings is 1. The summed E-state index contributed by atoms with van der Waals surface area (Å²) in [5.41, 5.74) is 7.91. The zero-order chi connectivity index (χ0) is 14.8. The zero-order valence-electron chi connectivity index (χ0n) is 12.6. The molecule has 0 spiro atoms. The molecule has 0 fully saturated rings. The van der Waals surface area contributed by atoms with Crippen LogP contribution in [0.4, 0.5) is 0 Å². The van der Waals surface area contributed by atoms with Crippen LogP contribution in [-0.2, 0) is 14.9 Å². The van der Waals surface area contributed by atoms with Crippen LogP contribution in [0.15, 0.2) is 24.3 Å². The molecular weight excluding hydrogens is 254 g/mol. The van der Waals surface area contributed by atoms with Gasteiger partial charge in [-0.25, -0.2) is 0 Å². The summed E-state index contributed by atoms with van der Waals surface area (Å²) in [7, 11) is 1.66. The highest BCUT2D eigenvalue weighted by molar-refractivity contribution is 5.34. The standard InChI is InChI=1S/C16H27NO3/c1-14-6-3-4-7-15(14)16(12-17,13-18)8-5-9-20-11-10-19-2/h3-4,6-7,18H,5,8-13,17H2,1-2H3. The van der Waals surface area contributed by atoms with Crippen molar-refractivity contribution in [2.45, 2.75) is 25.2 Å². The number of hydrogen-bond donors (Lipinski definition) is 2. The van der Waals surface area contributed by atoms with Gasteiger partial charge in [0.15, 0.2) is 0 Å². The third kappa shape index (κ3) is 4.56. The second-order valence-corrected chi connectivity index (χ2v) is 5.17. The van der Waals surface area contributed by atoms with Gasteiger partial charge in [-0.05, 0) is 30.9 Å². The number of aliphatic hydroxyl groups is 1. The number of aliphatic hydroxyl groups excluding tert-OH is 1. The lowest BCUT2D eigenvalue weighted by Crippen LogP contribution is -2.39. The number of aryl methyl sites for hydroxylation is 1. The summed E-state index contributed by atoms with van der Waals surface area (Å²) in [6.45, 7) is 4.44. The van der Waals surface area contributed by atoms with Crippen LogP contribution < -0.4 is 5.73 Å². The molecule has 0 aliphatic heterocycles. The number of nitrogens with two attached hydrogens (primary N) is 1. The molecule has 114 valence electrons. The Labute approximate surface area is 121 Å². The monoisotopic (exact) mass is 281 g/mol. The number of ether oxygens (including phenoxy) is 2. The first kappa shape index (κ1) is 17.1. The van der Waals surface area contributed by atoms with E-state index in [-0.39, 0.29) is 12.0 Å². The second kappa shape index (κ2) is 9.08. The van der Waals surface area contributed by atoms with E-state index in [2.05, 4.69) is 19.1 Å². The van der Waals surface area contributed by atoms with Crippen molar-refractivity contribution in [3.05, 3.63) is 35.4 Å². The third-order valence-electron chi connectivity index (χ3n) is 3.79. The van der Waals surface area contributed by atoms with Gasteiger partial charge in [-0.1, -0.05) is 24.3 Å². The minimum atomic E-state index is -0.365. The fourth-order valence-electron chi connectivity index (χ4n) is 2.50. The van der Waals surface area contributed by atoms with Crippen molar-refractivity contribution in [2.24, 2.45) is 5.73 Å². The third-order valence-corrected chi connectivity index (χ3v) is 3.79. The lowest BCUT2D eigenvalue weighted by atomic mass is 9.75. The van der Waals surface area contributed by atoms with E-state index in [1.54, 1.807) is 7.11 Å². The van der Waals surface area contributed by atoms with Crippen molar-refractivity contribution in [1.82, 2.24) is 0 Å². The summed E-state index contributed by atoms with van der Waals surface area (Å²) in [4.78, 5) is 0. The van der Waals surface area contributed by atoms with E-state index >= 15 is 0 Å². The van der Waals surface area contributed by atoms with Gasteiger partial charge in [0, 0.05) is 25.7 Å². The van der Waals surface area contributed by atoms with E-state index in [4.69, 9.17) is 15.2 Å². The van der Waals surface area contributed by atoms with Crippen molar-refractivity contribution in [3.63, 3.8) is 0 Å². The largest absolute Gasteiger partial charge is 0.395 e. The summed E-state index contributed by atoms with van der Waals surface area (Å²) in [5, 5.41) is 9.85. The molecule has 20 heavy (non-hydrogen) atoms. The Morgan fingerprint density at radius 3 is 2.55 bits per heavy atom. The molecule has 0 saturated carbocycles. The Morgan fingerprint density at radius 1 is 1.20 bits per heavy atom. The van der Waals surface area contributed by atoms with Gasteiger partial charge in [0.05, 0.1) is 19.8 Å². The van der Waals surface area contributed by atoms with E-state index in [1.165, 1.54) is 5.56 Å². The topological polar surface area (TPSA) is 64.7 Å². The number of rotatable bonds is 10. The van der Waals surface area contributed by atoms with Crippen LogP contribution in [0.1, 0.15) is 24.0 Å². The molecule has 0 aromatic heterocycles. The minimum absolute atomic E-state index is 0.0619. The van der Waals surface area contributed by atoms with Gasteiger partial charge in [-0.3, -0.25) is 0 Å². The first-order valence-corrected chi connectivity index (χ1v) is 7.14. The van der Waals surface area contributed by atoms with Crippen LogP contribution in [0, 0.1) is 6.92 Å². The molecule has 0 saturated heterocycles. The molecule has 1 atom stereocenters. The predicted molar refractivity (Wildman–Crippen MR) is 80.9 cm³/mol. The molecule has 0 heterocycles. The molecule has 1 rings (SSSR count). The van der Waals surface area contributed by atoms with Crippen molar-refractivity contribution < 1.29 is 14.6 Å². The van der Waals surface area contributed by atoms with Crippen molar-refractivity contribution in [2.75, 3.05) is 40.1 Å². The van der Waals surface area contributed by atoms with Gasteiger partial charge < -0.3 is 20.3 Å². The van der Waals surface area contributed by atoms with Gasteiger partial charge in [0.25, 0.3) is 0 Å². The number of hydrogen-bond acceptors (Lipinski definition) is 4. The Kier molecular flexibility index (Phi) is 7.77. The summed E-state index contributed by atoms with van der Waals surface area (Å²) >= 11 is 0. The predicted octanol–water partition coefficient (Wildman–Crippen LogP) is 1.63. The van der Waals surface area contributed by atoms with E-state index < -0.39 is 0 Å². The van der Waals surface area contributed by atoms with Gasteiger partial charge in [0.2, 0.25) is 0 Å². The molecule has 0 bridgehead atoms. The Morgan fingerprint density at radius 2 is 1.95 bits per heavy atom. The zero-order valence-corrected chi connectivity index (χ0v) is 12.6. The van der Waals surface area contributed by atoms with E-state index in [1.807, 2.05) is 12.1 Å². The van der Waals surface area contributed by atoms with Crippen LogP contribution in [0.25, 0.3) is 0 Å². The minimum Gasteiger partial charge on any atom is -0.395 e. The highest BCUT2D eigenvalue weighted by Crippen LogP contribution is 2.30. The van der Waals surface area contributed by atoms with Crippen LogP contribution in [0.2, 0.25) is 0 Å². The van der Waals surface area contributed by atoms with Crippen LogP contribution in [0.3, 0.4) is 0 Å². The maximum absolute atomic E-state index is 9.85. The normalized spacial score (nSPS) is 14.2. The van der Waals surface area contributed by atoms with E-state index in [9.17, 15) is 5.11 Å². The van der Waals surface area contributed by atoms with E-state index in [0.29, 0.717) is 26.4 Å². The summed E-state index contributed by atoms with van der Waals surface area (Å²) in [6, 6.07) is 8.12. The molecule has 1 unspecified atom stereocenters. The van der Waals surface area contributed by atoms with Gasteiger partial charge in [-0.15, -0.1) is 0 Å². The first-order valence-electron chi connectivity index (χ1n) is 7.14. The molecule has 3 N–H and O–H groups in total. The molecule has 1 aromatic carbocycles. The van der Waals surface area contributed by atoms with Gasteiger partial charge >= 0.3 is 0 Å². The first-order chi connectivity index (χ1) is 9.70. The average molecular weight is 281 g/mol. The van der Waals surface area contributed by atoms with E-state index in [0.717, 1.165) is 18.4 Å².